The molecule has 0 saturated heterocycles. The van der Waals surface area contributed by atoms with Crippen molar-refractivity contribution in [3.8, 4) is 0 Å². The van der Waals surface area contributed by atoms with Crippen LogP contribution in [-0.2, 0) is 11.3 Å². The highest BCUT2D eigenvalue weighted by atomic mass is 16.5. The lowest BCUT2D eigenvalue weighted by Gasteiger charge is -2.14. The van der Waals surface area contributed by atoms with Crippen molar-refractivity contribution in [2.75, 3.05) is 13.7 Å². The Morgan fingerprint density at radius 3 is 2.78 bits per heavy atom. The van der Waals surface area contributed by atoms with Gasteiger partial charge in [-0.3, -0.25) is 0 Å². The van der Waals surface area contributed by atoms with Crippen LogP contribution in [0.5, 0.6) is 0 Å². The fourth-order valence-corrected chi connectivity index (χ4v) is 1.89. The lowest BCUT2D eigenvalue weighted by Crippen LogP contribution is -2.15. The molecule has 2 aromatic rings. The molecule has 1 unspecified atom stereocenters. The van der Waals surface area contributed by atoms with E-state index in [1.165, 1.54) is 6.39 Å². The normalized spacial score (nSPS) is 12.6. The average molecular weight is 246 g/mol. The van der Waals surface area contributed by atoms with Gasteiger partial charge in [-0.15, -0.1) is 0 Å². The first kappa shape index (κ1) is 12.8. The first-order chi connectivity index (χ1) is 8.86. The molecule has 0 bridgehead atoms. The number of hydrogen-bond donors (Lipinski definition) is 1. The van der Waals surface area contributed by atoms with Crippen LogP contribution in [0.25, 0.3) is 0 Å². The third-order valence-corrected chi connectivity index (χ3v) is 2.79. The van der Waals surface area contributed by atoms with E-state index in [1.807, 2.05) is 30.3 Å². The largest absolute Gasteiger partial charge is 0.445 e. The van der Waals surface area contributed by atoms with E-state index in [2.05, 4.69) is 17.2 Å². The second kappa shape index (κ2) is 6.33. The molecular formula is C14H18N2O2. The molecule has 4 heteroatoms. The van der Waals surface area contributed by atoms with Crippen LogP contribution in [0.1, 0.15) is 30.0 Å². The van der Waals surface area contributed by atoms with Crippen molar-refractivity contribution in [3.05, 3.63) is 53.7 Å². The first-order valence-corrected chi connectivity index (χ1v) is 6.07. The van der Waals surface area contributed by atoms with Crippen molar-refractivity contribution in [2.24, 2.45) is 0 Å². The second-order valence-electron chi connectivity index (χ2n) is 3.97. The maximum atomic E-state index is 5.54. The van der Waals surface area contributed by atoms with Crippen molar-refractivity contribution >= 4 is 0 Å². The number of nitrogens with zero attached hydrogens (tertiary/aromatic N) is 1. The van der Waals surface area contributed by atoms with Gasteiger partial charge in [-0.05, 0) is 12.1 Å². The molecule has 4 nitrogen and oxygen atoms in total. The molecule has 1 atom stereocenters. The standard InChI is InChI=1S/C14H18N2O2/c1-3-15-9-12-14(18-10-16-12)13(17-2)11-7-5-4-6-8-11/h4-8,10,13,15H,3,9H2,1-2H3. The van der Waals surface area contributed by atoms with Crippen LogP contribution in [0.15, 0.2) is 41.1 Å². The summed E-state index contributed by atoms with van der Waals surface area (Å²) in [4.78, 5) is 4.24. The van der Waals surface area contributed by atoms with Gasteiger partial charge in [-0.25, -0.2) is 4.98 Å². The predicted molar refractivity (Wildman–Crippen MR) is 69.2 cm³/mol. The molecule has 0 radical (unpaired) electrons. The van der Waals surface area contributed by atoms with Crippen molar-refractivity contribution < 1.29 is 9.15 Å². The predicted octanol–water partition coefficient (Wildman–Crippen LogP) is 2.52. The molecule has 0 fully saturated rings. The third kappa shape index (κ3) is 2.78. The number of ether oxygens (including phenoxy) is 1. The average Bonchev–Trinajstić information content (AvgIpc) is 2.87. The van der Waals surface area contributed by atoms with Gasteiger partial charge in [-0.1, -0.05) is 37.3 Å². The Labute approximate surface area is 107 Å². The molecule has 1 aromatic heterocycles. The van der Waals surface area contributed by atoms with Gasteiger partial charge in [0.05, 0.1) is 5.69 Å². The summed E-state index contributed by atoms with van der Waals surface area (Å²) in [7, 11) is 1.68. The molecule has 0 spiro atoms. The van der Waals surface area contributed by atoms with Crippen molar-refractivity contribution in [1.82, 2.24) is 10.3 Å². The fourth-order valence-electron chi connectivity index (χ4n) is 1.89. The zero-order chi connectivity index (χ0) is 12.8. The van der Waals surface area contributed by atoms with E-state index in [0.717, 1.165) is 23.6 Å². The monoisotopic (exact) mass is 246 g/mol. The van der Waals surface area contributed by atoms with Gasteiger partial charge in [0, 0.05) is 13.7 Å². The van der Waals surface area contributed by atoms with Crippen LogP contribution in [-0.4, -0.2) is 18.6 Å². The summed E-state index contributed by atoms with van der Waals surface area (Å²) in [6, 6.07) is 10.0. The minimum atomic E-state index is -0.206. The smallest absolute Gasteiger partial charge is 0.181 e. The summed E-state index contributed by atoms with van der Waals surface area (Å²) in [5.74, 6) is 0.768. The lowest BCUT2D eigenvalue weighted by molar-refractivity contribution is 0.115. The molecule has 1 heterocycles. The van der Waals surface area contributed by atoms with E-state index in [4.69, 9.17) is 9.15 Å². The SMILES string of the molecule is CCNCc1ncoc1C(OC)c1ccccc1. The molecule has 0 aliphatic heterocycles. The van der Waals surface area contributed by atoms with E-state index in [9.17, 15) is 0 Å². The summed E-state index contributed by atoms with van der Waals surface area (Å²) in [6.45, 7) is 3.65. The summed E-state index contributed by atoms with van der Waals surface area (Å²) in [6.07, 6.45) is 1.26. The summed E-state index contributed by atoms with van der Waals surface area (Å²) in [5, 5.41) is 3.24. The molecule has 0 amide bonds. The van der Waals surface area contributed by atoms with E-state index >= 15 is 0 Å². The Kier molecular flexibility index (Phi) is 4.50. The maximum absolute atomic E-state index is 5.54. The number of hydrogen-bond acceptors (Lipinski definition) is 4. The van der Waals surface area contributed by atoms with Crippen LogP contribution in [0.2, 0.25) is 0 Å². The zero-order valence-corrected chi connectivity index (χ0v) is 10.7. The maximum Gasteiger partial charge on any atom is 0.181 e. The molecule has 0 aliphatic rings. The van der Waals surface area contributed by atoms with E-state index in [1.54, 1.807) is 7.11 Å². The van der Waals surface area contributed by atoms with Crippen LogP contribution >= 0.6 is 0 Å². The van der Waals surface area contributed by atoms with Crippen LogP contribution < -0.4 is 5.32 Å². The van der Waals surface area contributed by atoms with E-state index in [-0.39, 0.29) is 6.10 Å². The lowest BCUT2D eigenvalue weighted by atomic mass is 10.1. The molecule has 0 saturated carbocycles. The van der Waals surface area contributed by atoms with Crippen LogP contribution in [0, 0.1) is 0 Å². The highest BCUT2D eigenvalue weighted by Gasteiger charge is 2.21. The molecule has 0 aliphatic carbocycles. The Bertz CT molecular complexity index is 468. The Morgan fingerprint density at radius 2 is 2.11 bits per heavy atom. The summed E-state index contributed by atoms with van der Waals surface area (Å²) in [5.41, 5.74) is 1.96. The molecule has 2 rings (SSSR count). The van der Waals surface area contributed by atoms with Gasteiger partial charge in [0.1, 0.15) is 6.10 Å². The second-order valence-corrected chi connectivity index (χ2v) is 3.97. The number of nitrogens with one attached hydrogen (secondary N) is 1. The van der Waals surface area contributed by atoms with Crippen LogP contribution in [0.4, 0.5) is 0 Å². The van der Waals surface area contributed by atoms with Gasteiger partial charge in [0.2, 0.25) is 0 Å². The van der Waals surface area contributed by atoms with Gasteiger partial charge < -0.3 is 14.5 Å². The molecule has 96 valence electrons. The first-order valence-electron chi connectivity index (χ1n) is 6.07. The van der Waals surface area contributed by atoms with Gasteiger partial charge in [0.25, 0.3) is 0 Å². The van der Waals surface area contributed by atoms with Crippen molar-refractivity contribution in [2.45, 2.75) is 19.6 Å². The Morgan fingerprint density at radius 1 is 1.33 bits per heavy atom. The summed E-state index contributed by atoms with van der Waals surface area (Å²) >= 11 is 0. The number of rotatable bonds is 6. The van der Waals surface area contributed by atoms with E-state index < -0.39 is 0 Å². The minimum absolute atomic E-state index is 0.206. The highest BCUT2D eigenvalue weighted by molar-refractivity contribution is 5.26. The molecule has 1 aromatic carbocycles. The number of aromatic nitrogens is 1. The third-order valence-electron chi connectivity index (χ3n) is 2.79. The zero-order valence-electron chi connectivity index (χ0n) is 10.7. The quantitative estimate of drug-likeness (QED) is 0.850. The molecular weight excluding hydrogens is 228 g/mol. The highest BCUT2D eigenvalue weighted by Crippen LogP contribution is 2.27. The van der Waals surface area contributed by atoms with E-state index in [0.29, 0.717) is 6.54 Å². The number of benzene rings is 1. The molecule has 18 heavy (non-hydrogen) atoms. The van der Waals surface area contributed by atoms with Crippen LogP contribution in [0.3, 0.4) is 0 Å². The Balaban J connectivity index is 2.25. The van der Waals surface area contributed by atoms with Gasteiger partial charge >= 0.3 is 0 Å². The number of methoxy groups -OCH3 is 1. The fraction of sp³-hybridized carbons (Fsp3) is 0.357. The minimum Gasteiger partial charge on any atom is -0.445 e. The summed E-state index contributed by atoms with van der Waals surface area (Å²) < 4.78 is 11.0. The number of oxazole rings is 1. The van der Waals surface area contributed by atoms with Crippen molar-refractivity contribution in [1.29, 1.82) is 0 Å². The van der Waals surface area contributed by atoms with Gasteiger partial charge in [0.15, 0.2) is 12.2 Å². The topological polar surface area (TPSA) is 47.3 Å². The van der Waals surface area contributed by atoms with Gasteiger partial charge in [-0.2, -0.15) is 0 Å². The Hall–Kier alpha value is -1.65. The molecule has 1 N–H and O–H groups in total. The van der Waals surface area contributed by atoms with Crippen molar-refractivity contribution in [3.63, 3.8) is 0 Å².